The summed E-state index contributed by atoms with van der Waals surface area (Å²) in [5.41, 5.74) is 0.797. The first-order chi connectivity index (χ1) is 9.76. The molecule has 0 bridgehead atoms. The van der Waals surface area contributed by atoms with Crippen LogP contribution >= 0.6 is 0 Å². The topological polar surface area (TPSA) is 52.6 Å². The van der Waals surface area contributed by atoms with Crippen molar-refractivity contribution in [2.75, 3.05) is 13.2 Å². The number of hydrogen-bond acceptors (Lipinski definition) is 4. The maximum Gasteiger partial charge on any atom is 0.334 e. The van der Waals surface area contributed by atoms with Gasteiger partial charge < -0.3 is 9.47 Å². The molecule has 0 atom stereocenters. The normalized spacial score (nSPS) is 12.7. The van der Waals surface area contributed by atoms with Crippen LogP contribution in [0.2, 0.25) is 0 Å². The Labute approximate surface area is 128 Å². The van der Waals surface area contributed by atoms with Crippen molar-refractivity contribution in [3.63, 3.8) is 0 Å². The minimum absolute atomic E-state index is 0.105. The lowest BCUT2D eigenvalue weighted by atomic mass is 9.85. The molecule has 0 aliphatic heterocycles. The summed E-state index contributed by atoms with van der Waals surface area (Å²) in [5.74, 6) is -0.788. The Morgan fingerprint density at radius 2 is 1.24 bits per heavy atom. The second-order valence-electron chi connectivity index (χ2n) is 6.32. The summed E-state index contributed by atoms with van der Waals surface area (Å²) in [4.78, 5) is 24.4. The van der Waals surface area contributed by atoms with Gasteiger partial charge >= 0.3 is 11.9 Å². The van der Waals surface area contributed by atoms with Crippen molar-refractivity contribution in [3.8, 4) is 0 Å². The quantitative estimate of drug-likeness (QED) is 0.501. The molecule has 4 heteroatoms. The fraction of sp³-hybridized carbons (Fsp3) is 0.765. The van der Waals surface area contributed by atoms with Gasteiger partial charge in [-0.25, -0.2) is 9.59 Å². The number of rotatable bonds is 8. The van der Waals surface area contributed by atoms with Crippen LogP contribution in [-0.4, -0.2) is 25.2 Å². The molecule has 0 amide bonds. The number of esters is 2. The van der Waals surface area contributed by atoms with Crippen molar-refractivity contribution in [1.29, 1.82) is 0 Å². The van der Waals surface area contributed by atoms with Gasteiger partial charge in [0.15, 0.2) is 0 Å². The van der Waals surface area contributed by atoms with Crippen LogP contribution in [0.5, 0.6) is 0 Å². The molecular weight excluding hydrogens is 268 g/mol. The fourth-order valence-corrected chi connectivity index (χ4v) is 1.88. The number of carbonyl (C=O) groups excluding carboxylic acids is 2. The molecule has 0 rings (SSSR count). The van der Waals surface area contributed by atoms with Crippen molar-refractivity contribution in [2.45, 2.75) is 67.2 Å². The SMILES string of the molecule is CCCOC(=O)C(CC)=C(CC(C)(C)C)C(=O)OCCC. The van der Waals surface area contributed by atoms with E-state index in [2.05, 4.69) is 0 Å². The first-order valence-corrected chi connectivity index (χ1v) is 7.83. The maximum atomic E-state index is 12.3. The minimum Gasteiger partial charge on any atom is -0.462 e. The highest BCUT2D eigenvalue weighted by molar-refractivity contribution is 6.00. The number of ether oxygens (including phenoxy) is 2. The lowest BCUT2D eigenvalue weighted by Gasteiger charge is -2.21. The van der Waals surface area contributed by atoms with Gasteiger partial charge in [-0.2, -0.15) is 0 Å². The van der Waals surface area contributed by atoms with E-state index in [9.17, 15) is 9.59 Å². The van der Waals surface area contributed by atoms with Crippen molar-refractivity contribution < 1.29 is 19.1 Å². The smallest absolute Gasteiger partial charge is 0.334 e. The maximum absolute atomic E-state index is 12.3. The Morgan fingerprint density at radius 3 is 1.57 bits per heavy atom. The first-order valence-electron chi connectivity index (χ1n) is 7.83. The molecular formula is C17H30O4. The highest BCUT2D eigenvalue weighted by Gasteiger charge is 2.26. The van der Waals surface area contributed by atoms with Gasteiger partial charge in [-0.3, -0.25) is 0 Å². The highest BCUT2D eigenvalue weighted by Crippen LogP contribution is 2.28. The lowest BCUT2D eigenvalue weighted by molar-refractivity contribution is -0.142. The molecule has 21 heavy (non-hydrogen) atoms. The van der Waals surface area contributed by atoms with Gasteiger partial charge in [-0.1, -0.05) is 41.5 Å². The third-order valence-electron chi connectivity index (χ3n) is 2.79. The molecule has 0 heterocycles. The third kappa shape index (κ3) is 7.88. The molecule has 122 valence electrons. The first kappa shape index (κ1) is 19.7. The van der Waals surface area contributed by atoms with Crippen LogP contribution in [0.4, 0.5) is 0 Å². The Hall–Kier alpha value is -1.32. The molecule has 0 saturated heterocycles. The summed E-state index contributed by atoms with van der Waals surface area (Å²) in [6.45, 7) is 12.6. The molecule has 0 aromatic heterocycles. The van der Waals surface area contributed by atoms with Gasteiger partial charge in [0, 0.05) is 11.1 Å². The van der Waals surface area contributed by atoms with Gasteiger partial charge in [0.05, 0.1) is 13.2 Å². The van der Waals surface area contributed by atoms with Crippen LogP contribution < -0.4 is 0 Å². The minimum atomic E-state index is -0.396. The Kier molecular flexibility index (Phi) is 8.98. The lowest BCUT2D eigenvalue weighted by Crippen LogP contribution is -2.21. The zero-order valence-corrected chi connectivity index (χ0v) is 14.4. The van der Waals surface area contributed by atoms with Gasteiger partial charge in [0.25, 0.3) is 0 Å². The third-order valence-corrected chi connectivity index (χ3v) is 2.79. The molecule has 0 aliphatic carbocycles. The fourth-order valence-electron chi connectivity index (χ4n) is 1.88. The second kappa shape index (κ2) is 9.59. The molecule has 0 spiro atoms. The van der Waals surface area contributed by atoms with Crippen molar-refractivity contribution in [3.05, 3.63) is 11.1 Å². The molecule has 0 unspecified atom stereocenters. The van der Waals surface area contributed by atoms with Gasteiger partial charge in [0.2, 0.25) is 0 Å². The monoisotopic (exact) mass is 298 g/mol. The summed E-state index contributed by atoms with van der Waals surface area (Å²) in [5, 5.41) is 0. The molecule has 0 aromatic rings. The van der Waals surface area contributed by atoms with Crippen molar-refractivity contribution >= 4 is 11.9 Å². The van der Waals surface area contributed by atoms with E-state index < -0.39 is 11.9 Å². The van der Waals surface area contributed by atoms with E-state index in [1.54, 1.807) is 0 Å². The number of hydrogen-bond donors (Lipinski definition) is 0. The van der Waals surface area contributed by atoms with Gasteiger partial charge in [-0.05, 0) is 31.1 Å². The summed E-state index contributed by atoms with van der Waals surface area (Å²) < 4.78 is 10.4. The molecule has 0 aliphatic rings. The highest BCUT2D eigenvalue weighted by atomic mass is 16.5. The standard InChI is InChI=1S/C17H30O4/c1-7-10-20-15(18)13(9-3)14(12-17(4,5)6)16(19)21-11-8-2/h7-12H2,1-6H3. The molecule has 0 saturated carbocycles. The van der Waals surface area contributed by atoms with Crippen molar-refractivity contribution in [2.24, 2.45) is 5.41 Å². The van der Waals surface area contributed by atoms with Crippen LogP contribution in [0, 0.1) is 5.41 Å². The van der Waals surface area contributed by atoms with Gasteiger partial charge in [0.1, 0.15) is 0 Å². The van der Waals surface area contributed by atoms with Crippen molar-refractivity contribution in [1.82, 2.24) is 0 Å². The van der Waals surface area contributed by atoms with E-state index in [0.29, 0.717) is 37.2 Å². The van der Waals surface area contributed by atoms with E-state index in [-0.39, 0.29) is 5.41 Å². The van der Waals surface area contributed by atoms with E-state index in [1.807, 2.05) is 41.5 Å². The Balaban J connectivity index is 5.40. The average molecular weight is 298 g/mol. The van der Waals surface area contributed by atoms with E-state index >= 15 is 0 Å². The number of carbonyl (C=O) groups is 2. The zero-order chi connectivity index (χ0) is 16.5. The molecule has 4 nitrogen and oxygen atoms in total. The van der Waals surface area contributed by atoms with E-state index in [1.165, 1.54) is 0 Å². The largest absolute Gasteiger partial charge is 0.462 e. The van der Waals surface area contributed by atoms with E-state index in [0.717, 1.165) is 12.8 Å². The zero-order valence-electron chi connectivity index (χ0n) is 14.4. The molecule has 0 N–H and O–H groups in total. The molecule has 0 fully saturated rings. The molecule has 0 radical (unpaired) electrons. The summed E-state index contributed by atoms with van der Waals surface area (Å²) in [6.07, 6.45) is 2.49. The summed E-state index contributed by atoms with van der Waals surface area (Å²) in [6, 6.07) is 0. The Bertz CT molecular complexity index is 375. The average Bonchev–Trinajstić information content (AvgIpc) is 2.40. The summed E-state index contributed by atoms with van der Waals surface area (Å²) >= 11 is 0. The van der Waals surface area contributed by atoms with E-state index in [4.69, 9.17) is 9.47 Å². The van der Waals surface area contributed by atoms with Gasteiger partial charge in [-0.15, -0.1) is 0 Å². The van der Waals surface area contributed by atoms with Crippen LogP contribution in [0.15, 0.2) is 11.1 Å². The summed E-state index contributed by atoms with van der Waals surface area (Å²) in [7, 11) is 0. The molecule has 0 aromatic carbocycles. The van der Waals surface area contributed by atoms with Crippen LogP contribution in [0.25, 0.3) is 0 Å². The predicted molar refractivity (Wildman–Crippen MR) is 83.9 cm³/mol. The van der Waals surface area contributed by atoms with Crippen LogP contribution in [-0.2, 0) is 19.1 Å². The second-order valence-corrected chi connectivity index (χ2v) is 6.32. The van der Waals surface area contributed by atoms with Crippen LogP contribution in [0.3, 0.4) is 0 Å². The van der Waals surface area contributed by atoms with Crippen LogP contribution in [0.1, 0.15) is 67.2 Å². The predicted octanol–water partition coefficient (Wildman–Crippen LogP) is 4.04. The Morgan fingerprint density at radius 1 is 0.810 bits per heavy atom.